The molecule has 4 rings (SSSR count). The molecule has 11 heteroatoms. The molecule has 162 valence electrons. The molecule has 0 spiro atoms. The second kappa shape index (κ2) is 8.64. The second-order valence-electron chi connectivity index (χ2n) is 7.57. The van der Waals surface area contributed by atoms with Crippen molar-refractivity contribution in [1.82, 2.24) is 24.7 Å². The predicted octanol–water partition coefficient (Wildman–Crippen LogP) is 2.03. The highest BCUT2D eigenvalue weighted by Crippen LogP contribution is 2.27. The fourth-order valence-corrected chi connectivity index (χ4v) is 3.68. The van der Waals surface area contributed by atoms with E-state index in [9.17, 15) is 9.18 Å². The lowest BCUT2D eigenvalue weighted by molar-refractivity contribution is 0.100. The highest BCUT2D eigenvalue weighted by Gasteiger charge is 2.24. The smallest absolute Gasteiger partial charge is 0.252 e. The Hall–Kier alpha value is -3.60. The summed E-state index contributed by atoms with van der Waals surface area (Å²) in [6.07, 6.45) is 8.30. The molecule has 0 saturated heterocycles. The van der Waals surface area contributed by atoms with Gasteiger partial charge in [0, 0.05) is 12.1 Å². The number of carbonyl (C=O) groups is 1. The molecule has 1 fully saturated rings. The molecule has 1 amide bonds. The van der Waals surface area contributed by atoms with E-state index in [1.165, 1.54) is 6.33 Å². The molecule has 2 atom stereocenters. The third-order valence-corrected chi connectivity index (χ3v) is 5.37. The van der Waals surface area contributed by atoms with Crippen LogP contribution in [0.4, 0.5) is 21.7 Å². The van der Waals surface area contributed by atoms with E-state index in [-0.39, 0.29) is 29.3 Å². The van der Waals surface area contributed by atoms with Gasteiger partial charge in [-0.25, -0.2) is 19.0 Å². The van der Waals surface area contributed by atoms with Gasteiger partial charge in [0.25, 0.3) is 5.91 Å². The number of pyridine rings is 2. The van der Waals surface area contributed by atoms with Crippen LogP contribution in [-0.2, 0) is 0 Å². The number of hydrogen-bond acceptors (Lipinski definition) is 8. The van der Waals surface area contributed by atoms with E-state index in [0.717, 1.165) is 37.4 Å². The molecule has 1 saturated carbocycles. The van der Waals surface area contributed by atoms with Gasteiger partial charge in [0.05, 0.1) is 28.8 Å². The number of rotatable bonds is 6. The third kappa shape index (κ3) is 4.45. The van der Waals surface area contributed by atoms with E-state index in [4.69, 9.17) is 11.5 Å². The lowest BCUT2D eigenvalue weighted by atomic mass is 9.91. The number of aryl methyl sites for hydroxylation is 1. The minimum absolute atomic E-state index is 0.0198. The number of anilines is 3. The zero-order chi connectivity index (χ0) is 22.0. The van der Waals surface area contributed by atoms with Crippen molar-refractivity contribution in [1.29, 1.82) is 0 Å². The molecule has 1 unspecified atom stereocenters. The van der Waals surface area contributed by atoms with Crippen molar-refractivity contribution in [2.45, 2.75) is 44.7 Å². The summed E-state index contributed by atoms with van der Waals surface area (Å²) in [5.41, 5.74) is 13.5. The zero-order valence-corrected chi connectivity index (χ0v) is 17.0. The van der Waals surface area contributed by atoms with Crippen molar-refractivity contribution < 1.29 is 9.18 Å². The summed E-state index contributed by atoms with van der Waals surface area (Å²) >= 11 is 0. The Morgan fingerprint density at radius 1 is 1.26 bits per heavy atom. The largest absolute Gasteiger partial charge is 0.365 e. The standard InChI is InChI=1S/C20H24FN9O/c1-11-17(30-10-24-9-26-30)6-12(8-25-11)27-19-13(18(23)31)7-14(21)20(29-19)28-16-5-3-2-4-15(16)22/h6-10,15-16H,2-5,22H2,1H3,(H2,23,31)(H2,27,28,29)/t15-,16?/m0/s1. The van der Waals surface area contributed by atoms with Crippen LogP contribution in [0, 0.1) is 12.7 Å². The predicted molar refractivity (Wildman–Crippen MR) is 114 cm³/mol. The first kappa shape index (κ1) is 20.7. The van der Waals surface area contributed by atoms with Crippen LogP contribution in [0.15, 0.2) is 31.0 Å². The molecule has 31 heavy (non-hydrogen) atoms. The van der Waals surface area contributed by atoms with Gasteiger partial charge >= 0.3 is 0 Å². The lowest BCUT2D eigenvalue weighted by Gasteiger charge is -2.30. The summed E-state index contributed by atoms with van der Waals surface area (Å²) in [7, 11) is 0. The Morgan fingerprint density at radius 2 is 2.06 bits per heavy atom. The topological polar surface area (TPSA) is 150 Å². The van der Waals surface area contributed by atoms with Gasteiger partial charge in [-0.15, -0.1) is 0 Å². The summed E-state index contributed by atoms with van der Waals surface area (Å²) in [5, 5.41) is 10.2. The van der Waals surface area contributed by atoms with Crippen molar-refractivity contribution in [2.24, 2.45) is 11.5 Å². The van der Waals surface area contributed by atoms with Gasteiger partial charge < -0.3 is 22.1 Å². The number of nitrogens with two attached hydrogens (primary N) is 2. The fourth-order valence-electron chi connectivity index (χ4n) is 3.68. The molecule has 1 aliphatic rings. The maximum Gasteiger partial charge on any atom is 0.252 e. The van der Waals surface area contributed by atoms with Crippen molar-refractivity contribution in [2.75, 3.05) is 10.6 Å². The van der Waals surface area contributed by atoms with Crippen LogP contribution in [-0.4, -0.2) is 42.7 Å². The van der Waals surface area contributed by atoms with E-state index in [0.29, 0.717) is 11.4 Å². The SMILES string of the molecule is Cc1ncc(Nc2nc(NC3CCCC[C@@H]3N)c(F)cc2C(N)=O)cc1-n1cncn1. The van der Waals surface area contributed by atoms with E-state index in [1.54, 1.807) is 23.3 Å². The molecule has 3 aromatic heterocycles. The molecule has 1 aliphatic carbocycles. The maximum absolute atomic E-state index is 14.7. The minimum Gasteiger partial charge on any atom is -0.365 e. The summed E-state index contributed by atoms with van der Waals surface area (Å²) in [5.74, 6) is -1.32. The Kier molecular flexibility index (Phi) is 5.76. The molecule has 0 aliphatic heterocycles. The van der Waals surface area contributed by atoms with Crippen molar-refractivity contribution in [3.8, 4) is 5.69 Å². The number of primary amides is 1. The number of nitrogens with one attached hydrogen (secondary N) is 2. The van der Waals surface area contributed by atoms with Gasteiger partial charge in [-0.2, -0.15) is 5.10 Å². The van der Waals surface area contributed by atoms with Gasteiger partial charge in [0.1, 0.15) is 18.5 Å². The minimum atomic E-state index is -0.800. The molecule has 3 aromatic rings. The quantitative estimate of drug-likeness (QED) is 0.468. The Morgan fingerprint density at radius 3 is 2.77 bits per heavy atom. The van der Waals surface area contributed by atoms with Crippen LogP contribution in [0.25, 0.3) is 5.69 Å². The number of nitrogens with zero attached hydrogens (tertiary/aromatic N) is 5. The maximum atomic E-state index is 14.7. The molecule has 6 N–H and O–H groups in total. The average Bonchev–Trinajstić information content (AvgIpc) is 3.27. The Bertz CT molecular complexity index is 1090. The average molecular weight is 425 g/mol. The van der Waals surface area contributed by atoms with Gasteiger partial charge in [-0.3, -0.25) is 9.78 Å². The molecule has 0 bridgehead atoms. The molecular formula is C20H24FN9O. The number of amides is 1. The van der Waals surface area contributed by atoms with Crippen LogP contribution in [0.5, 0.6) is 0 Å². The molecular weight excluding hydrogens is 401 g/mol. The first-order chi connectivity index (χ1) is 14.9. The summed E-state index contributed by atoms with van der Waals surface area (Å²) in [6, 6.07) is 2.67. The van der Waals surface area contributed by atoms with Crippen LogP contribution < -0.4 is 22.1 Å². The van der Waals surface area contributed by atoms with Gasteiger partial charge in [0.15, 0.2) is 11.6 Å². The molecule has 3 heterocycles. The van der Waals surface area contributed by atoms with E-state index in [1.807, 2.05) is 6.92 Å². The van der Waals surface area contributed by atoms with Crippen molar-refractivity contribution in [3.63, 3.8) is 0 Å². The van der Waals surface area contributed by atoms with Crippen molar-refractivity contribution >= 4 is 23.2 Å². The highest BCUT2D eigenvalue weighted by atomic mass is 19.1. The fraction of sp³-hybridized carbons (Fsp3) is 0.350. The second-order valence-corrected chi connectivity index (χ2v) is 7.57. The summed E-state index contributed by atoms with van der Waals surface area (Å²) < 4.78 is 16.2. The third-order valence-electron chi connectivity index (χ3n) is 5.37. The van der Waals surface area contributed by atoms with Crippen LogP contribution in [0.3, 0.4) is 0 Å². The van der Waals surface area contributed by atoms with E-state index >= 15 is 0 Å². The Balaban J connectivity index is 1.67. The molecule has 10 nitrogen and oxygen atoms in total. The summed E-state index contributed by atoms with van der Waals surface area (Å²) in [6.45, 7) is 1.83. The number of hydrogen-bond donors (Lipinski definition) is 4. The summed E-state index contributed by atoms with van der Waals surface area (Å²) in [4.78, 5) is 24.5. The zero-order valence-electron chi connectivity index (χ0n) is 17.0. The van der Waals surface area contributed by atoms with E-state index in [2.05, 4.69) is 30.7 Å². The highest BCUT2D eigenvalue weighted by molar-refractivity contribution is 5.98. The number of halogens is 1. The first-order valence-corrected chi connectivity index (χ1v) is 10.0. The molecule has 0 aromatic carbocycles. The number of carbonyl (C=O) groups excluding carboxylic acids is 1. The monoisotopic (exact) mass is 425 g/mol. The van der Waals surface area contributed by atoms with E-state index < -0.39 is 11.7 Å². The van der Waals surface area contributed by atoms with Gasteiger partial charge in [-0.1, -0.05) is 12.8 Å². The first-order valence-electron chi connectivity index (χ1n) is 10.0. The van der Waals surface area contributed by atoms with Crippen LogP contribution in [0.2, 0.25) is 0 Å². The van der Waals surface area contributed by atoms with Crippen molar-refractivity contribution in [3.05, 3.63) is 48.1 Å². The Labute approximate surface area is 178 Å². The number of aromatic nitrogens is 5. The molecule has 0 radical (unpaired) electrons. The van der Waals surface area contributed by atoms with Gasteiger partial charge in [-0.05, 0) is 31.9 Å². The van der Waals surface area contributed by atoms with Crippen LogP contribution >= 0.6 is 0 Å². The van der Waals surface area contributed by atoms with Crippen LogP contribution in [0.1, 0.15) is 41.7 Å². The van der Waals surface area contributed by atoms with Gasteiger partial charge in [0.2, 0.25) is 0 Å². The normalized spacial score (nSPS) is 18.5. The lowest BCUT2D eigenvalue weighted by Crippen LogP contribution is -2.43.